The molecule has 0 aromatic carbocycles. The van der Waals surface area contributed by atoms with E-state index in [0.717, 1.165) is 0 Å². The van der Waals surface area contributed by atoms with Crippen molar-refractivity contribution in [3.05, 3.63) is 29.0 Å². The molecule has 2 aromatic rings. The molecule has 20 heavy (non-hydrogen) atoms. The van der Waals surface area contributed by atoms with Crippen LogP contribution in [0.15, 0.2) is 18.5 Å². The Labute approximate surface area is 122 Å². The largest absolute Gasteiger partial charge is 0.374 e. The minimum absolute atomic E-state index is 0.0760. The third kappa shape index (κ3) is 1.95. The molecule has 0 saturated carbocycles. The van der Waals surface area contributed by atoms with Crippen molar-refractivity contribution >= 4 is 28.4 Å². The molecule has 2 aromatic heterocycles. The van der Waals surface area contributed by atoms with Gasteiger partial charge in [0.15, 0.2) is 5.78 Å². The van der Waals surface area contributed by atoms with Gasteiger partial charge in [-0.2, -0.15) is 0 Å². The van der Waals surface area contributed by atoms with E-state index in [1.807, 2.05) is 13.8 Å². The maximum absolute atomic E-state index is 12.9. The van der Waals surface area contributed by atoms with E-state index in [4.69, 9.17) is 16.3 Å². The number of hydrogen-bond acceptors (Lipinski definition) is 3. The molecule has 4 unspecified atom stereocenters. The Morgan fingerprint density at radius 2 is 2.10 bits per heavy atom. The van der Waals surface area contributed by atoms with Gasteiger partial charge >= 0.3 is 0 Å². The summed E-state index contributed by atoms with van der Waals surface area (Å²) in [7, 11) is 0. The first-order chi connectivity index (χ1) is 9.50. The Hall–Kier alpha value is -1.39. The number of fused-ring (bicyclic) bond motifs is 1. The summed E-state index contributed by atoms with van der Waals surface area (Å²) in [6.45, 7) is 6.03. The number of carbonyl (C=O) groups is 1. The van der Waals surface area contributed by atoms with Gasteiger partial charge in [0.2, 0.25) is 0 Å². The molecule has 4 nitrogen and oxygen atoms in total. The van der Waals surface area contributed by atoms with Crippen molar-refractivity contribution in [1.82, 2.24) is 9.97 Å². The van der Waals surface area contributed by atoms with E-state index < -0.39 is 0 Å². The molecule has 0 radical (unpaired) electrons. The fourth-order valence-electron chi connectivity index (χ4n) is 3.11. The van der Waals surface area contributed by atoms with Crippen LogP contribution in [0.2, 0.25) is 5.02 Å². The van der Waals surface area contributed by atoms with Gasteiger partial charge in [-0.3, -0.25) is 4.79 Å². The number of aromatic amines is 1. The lowest BCUT2D eigenvalue weighted by molar-refractivity contribution is 0.0491. The number of ketones is 1. The first-order valence-corrected chi connectivity index (χ1v) is 7.19. The van der Waals surface area contributed by atoms with Crippen LogP contribution >= 0.6 is 11.6 Å². The molecule has 0 bridgehead atoms. The van der Waals surface area contributed by atoms with Gasteiger partial charge in [-0.15, -0.1) is 0 Å². The van der Waals surface area contributed by atoms with Crippen LogP contribution in [0.25, 0.3) is 11.0 Å². The normalized spacial score (nSPS) is 30.0. The molecule has 0 aliphatic carbocycles. The van der Waals surface area contributed by atoms with E-state index in [9.17, 15) is 4.79 Å². The minimum Gasteiger partial charge on any atom is -0.374 e. The summed E-state index contributed by atoms with van der Waals surface area (Å²) < 4.78 is 5.77. The second-order valence-electron chi connectivity index (χ2n) is 5.51. The molecule has 1 saturated heterocycles. The van der Waals surface area contributed by atoms with Gasteiger partial charge < -0.3 is 9.72 Å². The van der Waals surface area contributed by atoms with Gasteiger partial charge in [-0.25, -0.2) is 4.98 Å². The zero-order valence-electron chi connectivity index (χ0n) is 11.7. The molecule has 0 spiro atoms. The number of pyridine rings is 1. The highest BCUT2D eigenvalue weighted by atomic mass is 35.5. The predicted molar refractivity (Wildman–Crippen MR) is 78.1 cm³/mol. The summed E-state index contributed by atoms with van der Waals surface area (Å²) in [4.78, 5) is 20.1. The molecule has 4 atom stereocenters. The number of ether oxygens (including phenoxy) is 1. The standard InChI is InChI=1S/C15H17ClN2O2/c1-7-8(2)20-9(3)12(7)14(19)10-6-18-15-13(10)11(16)4-5-17-15/h4-9,12H,1-3H3,(H,17,18). The van der Waals surface area contributed by atoms with Crippen molar-refractivity contribution in [3.63, 3.8) is 0 Å². The molecule has 1 aliphatic heterocycles. The zero-order valence-corrected chi connectivity index (χ0v) is 12.4. The third-order valence-electron chi connectivity index (χ3n) is 4.33. The Morgan fingerprint density at radius 1 is 1.35 bits per heavy atom. The van der Waals surface area contributed by atoms with Gasteiger partial charge in [-0.05, 0) is 25.8 Å². The second-order valence-corrected chi connectivity index (χ2v) is 5.92. The quantitative estimate of drug-likeness (QED) is 0.863. The number of aromatic nitrogens is 2. The fraction of sp³-hybridized carbons (Fsp3) is 0.467. The number of Topliss-reactive ketones (excluding diaryl/α,β-unsaturated/α-hetero) is 1. The SMILES string of the molecule is CC1OC(C)C(C(=O)c2c[nH]c3nccc(Cl)c23)C1C. The molecular formula is C15H17ClN2O2. The van der Waals surface area contributed by atoms with Crippen LogP contribution in [0.4, 0.5) is 0 Å². The van der Waals surface area contributed by atoms with E-state index in [0.29, 0.717) is 21.6 Å². The van der Waals surface area contributed by atoms with Gasteiger partial charge in [0.1, 0.15) is 5.65 Å². The van der Waals surface area contributed by atoms with E-state index in [2.05, 4.69) is 16.9 Å². The molecule has 0 amide bonds. The highest BCUT2D eigenvalue weighted by Gasteiger charge is 2.42. The van der Waals surface area contributed by atoms with Gasteiger partial charge in [0.05, 0.1) is 23.1 Å². The van der Waals surface area contributed by atoms with E-state index >= 15 is 0 Å². The van der Waals surface area contributed by atoms with Crippen molar-refractivity contribution in [2.75, 3.05) is 0 Å². The van der Waals surface area contributed by atoms with Crippen LogP contribution in [-0.4, -0.2) is 28.0 Å². The van der Waals surface area contributed by atoms with E-state index in [1.54, 1.807) is 18.5 Å². The van der Waals surface area contributed by atoms with Crippen LogP contribution < -0.4 is 0 Å². The first kappa shape index (κ1) is 13.6. The maximum atomic E-state index is 12.9. The summed E-state index contributed by atoms with van der Waals surface area (Å²) in [6, 6.07) is 1.70. The molecule has 1 aliphatic rings. The first-order valence-electron chi connectivity index (χ1n) is 6.82. The number of nitrogens with one attached hydrogen (secondary N) is 1. The summed E-state index contributed by atoms with van der Waals surface area (Å²) in [5.41, 5.74) is 1.26. The van der Waals surface area contributed by atoms with Crippen molar-refractivity contribution in [2.24, 2.45) is 11.8 Å². The number of H-pyrrole nitrogens is 1. The molecule has 1 N–H and O–H groups in total. The Bertz CT molecular complexity index is 667. The fourth-order valence-corrected chi connectivity index (χ4v) is 3.36. The number of nitrogens with zero attached hydrogens (tertiary/aromatic N) is 1. The Kier molecular flexibility index (Phi) is 3.30. The number of hydrogen-bond donors (Lipinski definition) is 1. The lowest BCUT2D eigenvalue weighted by Crippen LogP contribution is -2.26. The molecule has 5 heteroatoms. The number of carbonyl (C=O) groups excluding carboxylic acids is 1. The Morgan fingerprint density at radius 3 is 2.75 bits per heavy atom. The molecule has 3 rings (SSSR count). The highest BCUT2D eigenvalue weighted by Crippen LogP contribution is 2.36. The smallest absolute Gasteiger partial charge is 0.171 e. The van der Waals surface area contributed by atoms with Crippen LogP contribution in [-0.2, 0) is 4.74 Å². The van der Waals surface area contributed by atoms with Crippen LogP contribution in [0, 0.1) is 11.8 Å². The highest BCUT2D eigenvalue weighted by molar-refractivity contribution is 6.36. The lowest BCUT2D eigenvalue weighted by atomic mass is 9.83. The molecule has 3 heterocycles. The average Bonchev–Trinajstić information content (AvgIpc) is 2.93. The van der Waals surface area contributed by atoms with Gasteiger partial charge in [-0.1, -0.05) is 18.5 Å². The van der Waals surface area contributed by atoms with E-state index in [-0.39, 0.29) is 29.8 Å². The monoisotopic (exact) mass is 292 g/mol. The number of halogens is 1. The van der Waals surface area contributed by atoms with Crippen molar-refractivity contribution in [3.8, 4) is 0 Å². The number of rotatable bonds is 2. The Balaban J connectivity index is 2.05. The summed E-state index contributed by atoms with van der Waals surface area (Å²) in [5, 5.41) is 1.25. The van der Waals surface area contributed by atoms with Crippen molar-refractivity contribution in [2.45, 2.75) is 33.0 Å². The van der Waals surface area contributed by atoms with Crippen molar-refractivity contribution < 1.29 is 9.53 Å². The average molecular weight is 293 g/mol. The van der Waals surface area contributed by atoms with Crippen LogP contribution in [0.1, 0.15) is 31.1 Å². The predicted octanol–water partition coefficient (Wildman–Crippen LogP) is 3.46. The zero-order chi connectivity index (χ0) is 14.4. The van der Waals surface area contributed by atoms with E-state index in [1.165, 1.54) is 0 Å². The topological polar surface area (TPSA) is 55.0 Å². The molecule has 106 valence electrons. The third-order valence-corrected chi connectivity index (χ3v) is 4.65. The van der Waals surface area contributed by atoms with Crippen LogP contribution in [0.5, 0.6) is 0 Å². The maximum Gasteiger partial charge on any atom is 0.171 e. The van der Waals surface area contributed by atoms with Crippen molar-refractivity contribution in [1.29, 1.82) is 0 Å². The lowest BCUT2D eigenvalue weighted by Gasteiger charge is -2.16. The molecular weight excluding hydrogens is 276 g/mol. The van der Waals surface area contributed by atoms with Gasteiger partial charge in [0.25, 0.3) is 0 Å². The van der Waals surface area contributed by atoms with Crippen LogP contribution in [0.3, 0.4) is 0 Å². The molecule has 1 fully saturated rings. The summed E-state index contributed by atoms with van der Waals surface area (Å²) in [6.07, 6.45) is 3.35. The summed E-state index contributed by atoms with van der Waals surface area (Å²) in [5.74, 6) is 0.133. The second kappa shape index (κ2) is 4.86. The minimum atomic E-state index is -0.139. The summed E-state index contributed by atoms with van der Waals surface area (Å²) >= 11 is 6.21. The van der Waals surface area contributed by atoms with Gasteiger partial charge in [0, 0.05) is 23.3 Å².